The molecule has 0 bridgehead atoms. The molecule has 0 fully saturated rings. The van der Waals surface area contributed by atoms with Crippen molar-refractivity contribution in [3.63, 3.8) is 0 Å². The Labute approximate surface area is 152 Å². The summed E-state index contributed by atoms with van der Waals surface area (Å²) >= 11 is 1.50. The number of rotatable bonds is 7. The summed E-state index contributed by atoms with van der Waals surface area (Å²) in [4.78, 5) is 6.64. The van der Waals surface area contributed by atoms with Crippen molar-refractivity contribution in [2.24, 2.45) is 10.2 Å². The second-order valence-electron chi connectivity index (χ2n) is 5.68. The van der Waals surface area contributed by atoms with Crippen molar-refractivity contribution in [3.8, 4) is 0 Å². The number of anilines is 1. The third-order valence-electron chi connectivity index (χ3n) is 3.86. The molecule has 3 rings (SSSR count). The molecule has 0 saturated heterocycles. The summed E-state index contributed by atoms with van der Waals surface area (Å²) in [5.74, 6) is 0. The van der Waals surface area contributed by atoms with E-state index in [1.54, 1.807) is 0 Å². The third kappa shape index (κ3) is 4.93. The molecule has 1 aromatic carbocycles. The van der Waals surface area contributed by atoms with Gasteiger partial charge in [0.2, 0.25) is 5.13 Å². The lowest BCUT2D eigenvalue weighted by molar-refractivity contribution is -0.694. The molecule has 0 spiro atoms. The van der Waals surface area contributed by atoms with Crippen LogP contribution in [0.2, 0.25) is 0 Å². The first-order valence-electron chi connectivity index (χ1n) is 8.37. The molecule has 0 amide bonds. The summed E-state index contributed by atoms with van der Waals surface area (Å²) in [7, 11) is 0. The predicted molar refractivity (Wildman–Crippen MR) is 102 cm³/mol. The average Bonchev–Trinajstić information content (AvgIpc) is 3.08. The summed E-state index contributed by atoms with van der Waals surface area (Å²) in [5.41, 5.74) is 3.01. The van der Waals surface area contributed by atoms with Gasteiger partial charge in [-0.15, -0.1) is 21.6 Å². The van der Waals surface area contributed by atoms with Crippen molar-refractivity contribution in [2.75, 3.05) is 18.0 Å². The van der Waals surface area contributed by atoms with Gasteiger partial charge in [-0.25, -0.2) is 9.55 Å². The van der Waals surface area contributed by atoms with Gasteiger partial charge in [0, 0.05) is 29.7 Å². The Kier molecular flexibility index (Phi) is 5.85. The number of azo groups is 1. The Morgan fingerprint density at radius 2 is 1.84 bits per heavy atom. The van der Waals surface area contributed by atoms with E-state index in [4.69, 9.17) is 0 Å². The van der Waals surface area contributed by atoms with Crippen LogP contribution in [-0.2, 0) is 6.54 Å². The van der Waals surface area contributed by atoms with Crippen LogP contribution in [0.4, 0.5) is 16.5 Å². The van der Waals surface area contributed by atoms with Gasteiger partial charge in [-0.05, 0) is 38.1 Å². The number of pyridine rings is 1. The van der Waals surface area contributed by atoms with E-state index in [-0.39, 0.29) is 0 Å². The largest absolute Gasteiger partial charge is 0.365 e. The first-order valence-corrected chi connectivity index (χ1v) is 9.25. The van der Waals surface area contributed by atoms with Crippen LogP contribution < -0.4 is 9.47 Å². The van der Waals surface area contributed by atoms with Gasteiger partial charge in [-0.1, -0.05) is 6.07 Å². The third-order valence-corrected chi connectivity index (χ3v) is 4.70. The number of thiazole rings is 1. The molecule has 0 unspecified atom stereocenters. The zero-order valence-electron chi connectivity index (χ0n) is 14.5. The predicted octanol–water partition coefficient (Wildman–Crippen LogP) is 4.68. The first-order chi connectivity index (χ1) is 12.2. The summed E-state index contributed by atoms with van der Waals surface area (Å²) < 4.78 is 2.20. The zero-order valence-corrected chi connectivity index (χ0v) is 15.4. The van der Waals surface area contributed by atoms with Gasteiger partial charge in [0.15, 0.2) is 18.9 Å². The molecule has 128 valence electrons. The van der Waals surface area contributed by atoms with Crippen LogP contribution in [0.1, 0.15) is 12.6 Å². The number of hydrogen-bond acceptors (Lipinski definition) is 5. The van der Waals surface area contributed by atoms with Gasteiger partial charge in [0.25, 0.3) is 0 Å². The van der Waals surface area contributed by atoms with Gasteiger partial charge in [0.05, 0.1) is 17.9 Å². The zero-order chi connectivity index (χ0) is 17.5. The minimum atomic E-state index is 0.691. The highest BCUT2D eigenvalue weighted by Gasteiger charge is 2.07. The van der Waals surface area contributed by atoms with Crippen LogP contribution in [0.5, 0.6) is 0 Å². The lowest BCUT2D eigenvalue weighted by Crippen LogP contribution is -2.40. The normalized spacial score (nSPS) is 11.1. The van der Waals surface area contributed by atoms with E-state index in [0.29, 0.717) is 5.13 Å². The van der Waals surface area contributed by atoms with Crippen molar-refractivity contribution < 1.29 is 4.57 Å². The summed E-state index contributed by atoms with van der Waals surface area (Å²) in [6.45, 7) is 7.02. The van der Waals surface area contributed by atoms with Crippen LogP contribution in [0.15, 0.2) is 70.5 Å². The molecule has 0 radical (unpaired) electrons. The van der Waals surface area contributed by atoms with E-state index >= 15 is 0 Å². The molecule has 3 aromatic rings. The minimum absolute atomic E-state index is 0.691. The van der Waals surface area contributed by atoms with Crippen molar-refractivity contribution >= 4 is 27.8 Å². The summed E-state index contributed by atoms with van der Waals surface area (Å²) in [6, 6.07) is 14.3. The van der Waals surface area contributed by atoms with Crippen molar-refractivity contribution in [2.45, 2.75) is 20.4 Å². The maximum Gasteiger partial charge on any atom is 0.230 e. The van der Waals surface area contributed by atoms with E-state index in [0.717, 1.165) is 31.0 Å². The molecule has 2 aromatic heterocycles. The number of benzene rings is 1. The molecule has 0 saturated carbocycles. The molecule has 0 aliphatic rings. The summed E-state index contributed by atoms with van der Waals surface area (Å²) in [6.07, 6.45) is 4.19. The Balaban J connectivity index is 1.62. The quantitative estimate of drug-likeness (QED) is 0.458. The topological polar surface area (TPSA) is 44.7 Å². The van der Waals surface area contributed by atoms with E-state index < -0.39 is 0 Å². The van der Waals surface area contributed by atoms with Crippen LogP contribution in [0.25, 0.3) is 0 Å². The Morgan fingerprint density at radius 3 is 2.48 bits per heavy atom. The Bertz CT molecular complexity index is 811. The lowest BCUT2D eigenvalue weighted by Gasteiger charge is -2.21. The van der Waals surface area contributed by atoms with Crippen LogP contribution in [0, 0.1) is 6.92 Å². The second-order valence-corrected chi connectivity index (χ2v) is 6.52. The molecule has 25 heavy (non-hydrogen) atoms. The smallest absolute Gasteiger partial charge is 0.230 e. The SMILES string of the molecule is CCN(CC[n+]1ccccc1)c1ccc(/N=N/c2nc(C)cs2)cc1. The Morgan fingerprint density at radius 1 is 1.08 bits per heavy atom. The highest BCUT2D eigenvalue weighted by atomic mass is 32.1. The fraction of sp³-hybridized carbons (Fsp3) is 0.263. The first kappa shape index (κ1) is 17.2. The molecule has 2 heterocycles. The lowest BCUT2D eigenvalue weighted by atomic mass is 10.2. The molecular formula is C19H22N5S+. The molecule has 6 heteroatoms. The van der Waals surface area contributed by atoms with Crippen LogP contribution in [-0.4, -0.2) is 18.1 Å². The van der Waals surface area contributed by atoms with Gasteiger partial charge in [-0.3, -0.25) is 0 Å². The number of nitrogens with zero attached hydrogens (tertiary/aromatic N) is 5. The highest BCUT2D eigenvalue weighted by molar-refractivity contribution is 7.13. The monoisotopic (exact) mass is 352 g/mol. The van der Waals surface area contributed by atoms with Crippen molar-refractivity contribution in [1.29, 1.82) is 0 Å². The van der Waals surface area contributed by atoms with Crippen molar-refractivity contribution in [3.05, 3.63) is 65.9 Å². The molecule has 0 N–H and O–H groups in total. The van der Waals surface area contributed by atoms with Crippen LogP contribution >= 0.6 is 11.3 Å². The fourth-order valence-corrected chi connectivity index (χ4v) is 3.12. The second kappa shape index (κ2) is 8.48. The van der Waals surface area contributed by atoms with E-state index in [2.05, 4.69) is 68.3 Å². The summed E-state index contributed by atoms with van der Waals surface area (Å²) in [5, 5.41) is 11.1. The molecule has 0 aliphatic heterocycles. The molecule has 0 aliphatic carbocycles. The maximum absolute atomic E-state index is 4.29. The highest BCUT2D eigenvalue weighted by Crippen LogP contribution is 2.24. The fourth-order valence-electron chi connectivity index (χ4n) is 2.51. The molecular weight excluding hydrogens is 330 g/mol. The number of hydrogen-bond donors (Lipinski definition) is 0. The molecule has 0 atom stereocenters. The van der Waals surface area contributed by atoms with E-state index in [1.165, 1.54) is 17.0 Å². The van der Waals surface area contributed by atoms with Gasteiger partial charge >= 0.3 is 0 Å². The van der Waals surface area contributed by atoms with Gasteiger partial charge < -0.3 is 4.90 Å². The minimum Gasteiger partial charge on any atom is -0.365 e. The van der Waals surface area contributed by atoms with Gasteiger partial charge in [-0.2, -0.15) is 0 Å². The van der Waals surface area contributed by atoms with E-state index in [1.807, 2.05) is 30.5 Å². The number of aromatic nitrogens is 2. The van der Waals surface area contributed by atoms with Gasteiger partial charge in [0.1, 0.15) is 0 Å². The number of likely N-dealkylation sites (N-methyl/N-ethyl adjacent to an activating group) is 1. The average molecular weight is 352 g/mol. The maximum atomic E-state index is 4.29. The molecule has 5 nitrogen and oxygen atoms in total. The Hall–Kier alpha value is -2.60. The number of aryl methyl sites for hydroxylation is 1. The van der Waals surface area contributed by atoms with Crippen LogP contribution in [0.3, 0.4) is 0 Å². The van der Waals surface area contributed by atoms with E-state index in [9.17, 15) is 0 Å². The van der Waals surface area contributed by atoms with Crippen molar-refractivity contribution in [1.82, 2.24) is 4.98 Å². The standard InChI is InChI=1S/C19H22N5S/c1-3-24(14-13-23-11-5-4-6-12-23)18-9-7-17(8-10-18)21-22-19-20-16(2)15-25-19/h4-12,15H,3,13-14H2,1-2H3/q+1/b22-21+.